The van der Waals surface area contributed by atoms with Crippen LogP contribution in [0, 0.1) is 0 Å². The van der Waals surface area contributed by atoms with Crippen LogP contribution in [0.5, 0.6) is 11.5 Å². The average Bonchev–Trinajstić information content (AvgIpc) is 2.62. The summed E-state index contributed by atoms with van der Waals surface area (Å²) in [6, 6.07) is 11.6. The molecule has 0 aliphatic heterocycles. The molecule has 0 radical (unpaired) electrons. The monoisotopic (exact) mass is 492 g/mol. The second kappa shape index (κ2) is 7.87. The summed E-state index contributed by atoms with van der Waals surface area (Å²) in [5.74, 6) is -0.723. The van der Waals surface area contributed by atoms with Crippen LogP contribution < -0.4 is 0 Å². The van der Waals surface area contributed by atoms with Gasteiger partial charge < -0.3 is 10.2 Å². The molecule has 3 rings (SSSR count). The molecular weight excluding hydrogens is 482 g/mol. The van der Waals surface area contributed by atoms with Crippen LogP contribution in [0.4, 0.5) is 0 Å². The van der Waals surface area contributed by atoms with Crippen molar-refractivity contribution in [3.63, 3.8) is 0 Å². The van der Waals surface area contributed by atoms with Crippen LogP contribution in [0.2, 0.25) is 20.1 Å². The summed E-state index contributed by atoms with van der Waals surface area (Å²) < 4.78 is 34.0. The van der Waals surface area contributed by atoms with Gasteiger partial charge in [0, 0.05) is 15.6 Å². The SMILES string of the molecule is O=S(=O)(O)C(c1cccc(O)c1)(c1cc(Cl)c(O)c(Cl)c1)c1cc(Cl)ccc1Cl. The normalized spacial score (nSPS) is 13.8. The quantitative estimate of drug-likeness (QED) is 0.311. The van der Waals surface area contributed by atoms with Crippen LogP contribution in [-0.2, 0) is 14.9 Å². The first-order chi connectivity index (χ1) is 13.5. The minimum atomic E-state index is -5.04. The number of benzene rings is 3. The molecule has 0 spiro atoms. The van der Waals surface area contributed by atoms with E-state index in [2.05, 4.69) is 0 Å². The number of halogens is 4. The molecule has 0 saturated heterocycles. The fourth-order valence-electron chi connectivity index (χ4n) is 3.18. The smallest absolute Gasteiger partial charge is 0.283 e. The van der Waals surface area contributed by atoms with E-state index in [4.69, 9.17) is 46.4 Å². The van der Waals surface area contributed by atoms with Gasteiger partial charge in [-0.05, 0) is 53.6 Å². The van der Waals surface area contributed by atoms with E-state index in [1.54, 1.807) is 0 Å². The highest BCUT2D eigenvalue weighted by molar-refractivity contribution is 7.87. The van der Waals surface area contributed by atoms with E-state index < -0.39 is 20.6 Å². The molecule has 152 valence electrons. The Hall–Kier alpha value is -1.67. The van der Waals surface area contributed by atoms with Gasteiger partial charge >= 0.3 is 0 Å². The largest absolute Gasteiger partial charge is 0.508 e. The summed E-state index contributed by atoms with van der Waals surface area (Å²) in [6.07, 6.45) is 0. The zero-order chi connectivity index (χ0) is 21.6. The summed E-state index contributed by atoms with van der Waals surface area (Å²) in [7, 11) is -5.04. The molecule has 0 heterocycles. The second-order valence-corrected chi connectivity index (χ2v) is 9.34. The third-order valence-electron chi connectivity index (χ3n) is 4.37. The van der Waals surface area contributed by atoms with E-state index in [1.165, 1.54) is 36.4 Å². The van der Waals surface area contributed by atoms with E-state index in [-0.39, 0.29) is 42.5 Å². The van der Waals surface area contributed by atoms with Gasteiger partial charge in [0.15, 0.2) is 10.5 Å². The van der Waals surface area contributed by atoms with E-state index in [0.29, 0.717) is 0 Å². The Balaban J connectivity index is 2.61. The molecular formula is C19H12Cl4O5S. The Morgan fingerprint density at radius 1 is 0.759 bits per heavy atom. The summed E-state index contributed by atoms with van der Waals surface area (Å²) in [5.41, 5.74) is -0.276. The van der Waals surface area contributed by atoms with Crippen molar-refractivity contribution in [1.82, 2.24) is 0 Å². The van der Waals surface area contributed by atoms with E-state index in [9.17, 15) is 23.2 Å². The highest BCUT2D eigenvalue weighted by Crippen LogP contribution is 2.49. The number of hydrogen-bond acceptors (Lipinski definition) is 4. The first-order valence-electron chi connectivity index (χ1n) is 7.89. The van der Waals surface area contributed by atoms with Gasteiger partial charge in [0.2, 0.25) is 0 Å². The predicted octanol–water partition coefficient (Wildman–Crippen LogP) is 5.89. The maximum Gasteiger partial charge on any atom is 0.283 e. The molecule has 1 unspecified atom stereocenters. The Labute approximate surface area is 186 Å². The van der Waals surface area contributed by atoms with Gasteiger partial charge in [-0.1, -0.05) is 58.5 Å². The number of hydrogen-bond donors (Lipinski definition) is 3. The van der Waals surface area contributed by atoms with Crippen molar-refractivity contribution >= 4 is 56.5 Å². The van der Waals surface area contributed by atoms with Crippen molar-refractivity contribution in [2.75, 3.05) is 0 Å². The highest BCUT2D eigenvalue weighted by atomic mass is 35.5. The fraction of sp³-hybridized carbons (Fsp3) is 0.0526. The molecule has 3 aromatic rings. The first kappa shape index (κ1) is 22.0. The molecule has 0 aliphatic carbocycles. The van der Waals surface area contributed by atoms with Crippen LogP contribution in [0.3, 0.4) is 0 Å². The lowest BCUT2D eigenvalue weighted by Crippen LogP contribution is -2.38. The fourth-order valence-corrected chi connectivity index (χ4v) is 5.44. The van der Waals surface area contributed by atoms with E-state index >= 15 is 0 Å². The lowest BCUT2D eigenvalue weighted by atomic mass is 9.83. The van der Waals surface area contributed by atoms with E-state index in [1.807, 2.05) is 0 Å². The van der Waals surface area contributed by atoms with Gasteiger partial charge in [-0.2, -0.15) is 8.42 Å². The van der Waals surface area contributed by atoms with Gasteiger partial charge in [0.25, 0.3) is 10.1 Å². The summed E-state index contributed by atoms with van der Waals surface area (Å²) in [4.78, 5) is 0. The minimum absolute atomic E-state index is 0.0318. The first-order valence-corrected chi connectivity index (χ1v) is 10.8. The molecule has 0 aromatic heterocycles. The molecule has 0 amide bonds. The average molecular weight is 494 g/mol. The van der Waals surface area contributed by atoms with Crippen LogP contribution in [0.25, 0.3) is 0 Å². The van der Waals surface area contributed by atoms with Gasteiger partial charge in [-0.15, -0.1) is 0 Å². The Morgan fingerprint density at radius 2 is 1.38 bits per heavy atom. The second-order valence-electron chi connectivity index (χ2n) is 6.12. The maximum atomic E-state index is 13.0. The summed E-state index contributed by atoms with van der Waals surface area (Å²) in [6.45, 7) is 0. The lowest BCUT2D eigenvalue weighted by Gasteiger charge is -2.33. The van der Waals surface area contributed by atoms with Crippen molar-refractivity contribution in [1.29, 1.82) is 0 Å². The van der Waals surface area contributed by atoms with Crippen molar-refractivity contribution < 1.29 is 23.2 Å². The van der Waals surface area contributed by atoms with Crippen molar-refractivity contribution in [2.45, 2.75) is 4.75 Å². The molecule has 1 atom stereocenters. The summed E-state index contributed by atoms with van der Waals surface area (Å²) in [5, 5.41) is 19.5. The predicted molar refractivity (Wildman–Crippen MR) is 114 cm³/mol. The zero-order valence-electron chi connectivity index (χ0n) is 14.3. The van der Waals surface area contributed by atoms with Crippen LogP contribution in [0.1, 0.15) is 16.7 Å². The van der Waals surface area contributed by atoms with Crippen molar-refractivity contribution in [3.05, 3.63) is 91.4 Å². The molecule has 0 saturated carbocycles. The number of aromatic hydroxyl groups is 2. The molecule has 0 aliphatic rings. The topological polar surface area (TPSA) is 94.8 Å². The van der Waals surface area contributed by atoms with Gasteiger partial charge in [-0.3, -0.25) is 4.55 Å². The highest BCUT2D eigenvalue weighted by Gasteiger charge is 2.50. The van der Waals surface area contributed by atoms with Crippen LogP contribution >= 0.6 is 46.4 Å². The zero-order valence-corrected chi connectivity index (χ0v) is 18.1. The van der Waals surface area contributed by atoms with E-state index in [0.717, 1.165) is 18.2 Å². The number of phenolic OH excluding ortho intramolecular Hbond substituents is 2. The molecule has 5 nitrogen and oxygen atoms in total. The molecule has 0 fully saturated rings. The Kier molecular flexibility index (Phi) is 5.98. The Bertz CT molecular complexity index is 1190. The molecule has 3 aromatic carbocycles. The van der Waals surface area contributed by atoms with Gasteiger partial charge in [0.1, 0.15) is 5.75 Å². The molecule has 10 heteroatoms. The van der Waals surface area contributed by atoms with Crippen molar-refractivity contribution in [3.8, 4) is 11.5 Å². The minimum Gasteiger partial charge on any atom is -0.508 e. The van der Waals surface area contributed by atoms with Crippen LogP contribution in [-0.4, -0.2) is 23.2 Å². The van der Waals surface area contributed by atoms with Gasteiger partial charge in [-0.25, -0.2) is 0 Å². The number of phenols is 2. The standard InChI is InChI=1S/C19H12Cl4O5S/c20-12-4-5-15(21)14(9-12)19(29(26,27)28,10-2-1-3-13(24)6-10)11-7-16(22)18(25)17(23)8-11/h1-9,24-25H,(H,26,27,28). The van der Waals surface area contributed by atoms with Gasteiger partial charge in [0.05, 0.1) is 10.0 Å². The maximum absolute atomic E-state index is 13.0. The molecule has 3 N–H and O–H groups in total. The summed E-state index contributed by atoms with van der Waals surface area (Å²) >= 11 is 24.5. The Morgan fingerprint density at radius 3 is 1.93 bits per heavy atom. The van der Waals surface area contributed by atoms with Crippen molar-refractivity contribution in [2.24, 2.45) is 0 Å². The third-order valence-corrected chi connectivity index (χ3v) is 6.98. The lowest BCUT2D eigenvalue weighted by molar-refractivity contribution is 0.455. The van der Waals surface area contributed by atoms with Crippen LogP contribution in [0.15, 0.2) is 54.6 Å². The molecule has 0 bridgehead atoms. The third kappa shape index (κ3) is 3.77. The number of rotatable bonds is 4. The molecule has 29 heavy (non-hydrogen) atoms.